The van der Waals surface area contributed by atoms with E-state index in [0.29, 0.717) is 0 Å². The van der Waals surface area contributed by atoms with Crippen LogP contribution in [0.3, 0.4) is 0 Å². The van der Waals surface area contributed by atoms with Crippen molar-refractivity contribution in [2.45, 2.75) is 43.2 Å². The Balaban J connectivity index is 2.46. The van der Waals surface area contributed by atoms with E-state index in [0.717, 1.165) is 30.6 Å². The van der Waals surface area contributed by atoms with Crippen LogP contribution in [0.4, 0.5) is 0 Å². The SMILES string of the molecule is COC(=O)c1sccc1S(=O)(=O)N1C(C)CCCC1CN. The lowest BCUT2D eigenvalue weighted by Gasteiger charge is -2.38. The van der Waals surface area contributed by atoms with E-state index in [1.54, 1.807) is 5.38 Å². The van der Waals surface area contributed by atoms with Gasteiger partial charge in [0.2, 0.25) is 10.0 Å². The van der Waals surface area contributed by atoms with Crippen LogP contribution in [-0.4, -0.2) is 44.4 Å². The number of nitrogens with zero attached hydrogens (tertiary/aromatic N) is 1. The van der Waals surface area contributed by atoms with Crippen molar-refractivity contribution in [3.63, 3.8) is 0 Å². The highest BCUT2D eigenvalue weighted by atomic mass is 32.2. The molecule has 2 unspecified atom stereocenters. The summed E-state index contributed by atoms with van der Waals surface area (Å²) in [6.07, 6.45) is 2.51. The smallest absolute Gasteiger partial charge is 0.349 e. The molecule has 2 atom stereocenters. The summed E-state index contributed by atoms with van der Waals surface area (Å²) in [7, 11) is -2.51. The summed E-state index contributed by atoms with van der Waals surface area (Å²) in [4.78, 5) is 11.9. The van der Waals surface area contributed by atoms with Gasteiger partial charge in [-0.15, -0.1) is 11.3 Å². The Morgan fingerprint density at radius 3 is 2.86 bits per heavy atom. The Morgan fingerprint density at radius 2 is 2.24 bits per heavy atom. The first-order valence-corrected chi connectivity index (χ1v) is 9.14. The molecule has 8 heteroatoms. The molecule has 2 heterocycles. The summed E-state index contributed by atoms with van der Waals surface area (Å²) >= 11 is 1.07. The molecule has 1 aliphatic rings. The number of rotatable bonds is 4. The van der Waals surface area contributed by atoms with Crippen molar-refractivity contribution in [1.82, 2.24) is 4.31 Å². The van der Waals surface area contributed by atoms with Gasteiger partial charge in [-0.2, -0.15) is 4.31 Å². The maximum atomic E-state index is 12.9. The summed E-state index contributed by atoms with van der Waals surface area (Å²) < 4.78 is 32.0. The van der Waals surface area contributed by atoms with Crippen molar-refractivity contribution >= 4 is 27.3 Å². The van der Waals surface area contributed by atoms with Gasteiger partial charge in [0.25, 0.3) is 0 Å². The standard InChI is InChI=1S/C13H20N2O4S2/c1-9-4-3-5-10(8-14)15(9)21(17,18)11-6-7-20-12(11)13(16)19-2/h6-7,9-10H,3-5,8,14H2,1-2H3. The highest BCUT2D eigenvalue weighted by molar-refractivity contribution is 7.89. The van der Waals surface area contributed by atoms with Gasteiger partial charge in [0.1, 0.15) is 9.77 Å². The van der Waals surface area contributed by atoms with Crippen molar-refractivity contribution < 1.29 is 17.9 Å². The van der Waals surface area contributed by atoms with Gasteiger partial charge in [-0.3, -0.25) is 0 Å². The van der Waals surface area contributed by atoms with Gasteiger partial charge in [0.15, 0.2) is 0 Å². The summed E-state index contributed by atoms with van der Waals surface area (Å²) in [5.41, 5.74) is 5.73. The Morgan fingerprint density at radius 1 is 1.52 bits per heavy atom. The van der Waals surface area contributed by atoms with E-state index in [-0.39, 0.29) is 28.4 Å². The van der Waals surface area contributed by atoms with Crippen LogP contribution in [0.2, 0.25) is 0 Å². The van der Waals surface area contributed by atoms with E-state index in [1.807, 2.05) is 6.92 Å². The summed E-state index contributed by atoms with van der Waals surface area (Å²) in [5.74, 6) is -0.627. The maximum absolute atomic E-state index is 12.9. The molecule has 1 aromatic rings. The minimum atomic E-state index is -3.75. The number of methoxy groups -OCH3 is 1. The largest absolute Gasteiger partial charge is 0.465 e. The van der Waals surface area contributed by atoms with Crippen LogP contribution < -0.4 is 5.73 Å². The first kappa shape index (κ1) is 16.4. The maximum Gasteiger partial charge on any atom is 0.349 e. The highest BCUT2D eigenvalue weighted by Crippen LogP contribution is 2.32. The molecule has 0 spiro atoms. The number of thiophene rings is 1. The second-order valence-corrected chi connectivity index (χ2v) is 7.84. The predicted molar refractivity (Wildman–Crippen MR) is 80.8 cm³/mol. The molecule has 21 heavy (non-hydrogen) atoms. The van der Waals surface area contributed by atoms with Crippen molar-refractivity contribution in [3.05, 3.63) is 16.3 Å². The second-order valence-electron chi connectivity index (χ2n) is 5.11. The first-order valence-electron chi connectivity index (χ1n) is 6.83. The van der Waals surface area contributed by atoms with Crippen LogP contribution in [-0.2, 0) is 14.8 Å². The van der Waals surface area contributed by atoms with Crippen LogP contribution in [0.25, 0.3) is 0 Å². The molecule has 1 fully saturated rings. The lowest BCUT2D eigenvalue weighted by atomic mass is 10.00. The third-order valence-corrected chi connectivity index (χ3v) is 6.91. The van der Waals surface area contributed by atoms with E-state index in [1.165, 1.54) is 17.5 Å². The van der Waals surface area contributed by atoms with Crippen molar-refractivity contribution in [3.8, 4) is 0 Å². The van der Waals surface area contributed by atoms with Crippen LogP contribution in [0.1, 0.15) is 35.9 Å². The number of hydrogen-bond donors (Lipinski definition) is 1. The van der Waals surface area contributed by atoms with E-state index >= 15 is 0 Å². The Bertz CT molecular complexity index is 611. The number of nitrogens with two attached hydrogens (primary N) is 1. The zero-order valence-electron chi connectivity index (χ0n) is 12.1. The van der Waals surface area contributed by atoms with Gasteiger partial charge in [-0.1, -0.05) is 6.42 Å². The molecular weight excluding hydrogens is 312 g/mol. The van der Waals surface area contributed by atoms with E-state index in [4.69, 9.17) is 5.73 Å². The van der Waals surface area contributed by atoms with Gasteiger partial charge in [-0.25, -0.2) is 13.2 Å². The van der Waals surface area contributed by atoms with E-state index in [9.17, 15) is 13.2 Å². The molecule has 0 aromatic carbocycles. The monoisotopic (exact) mass is 332 g/mol. The van der Waals surface area contributed by atoms with Crippen molar-refractivity contribution in [1.29, 1.82) is 0 Å². The fraction of sp³-hybridized carbons (Fsp3) is 0.615. The molecule has 1 aliphatic heterocycles. The van der Waals surface area contributed by atoms with Crippen LogP contribution in [0.15, 0.2) is 16.3 Å². The third-order valence-electron chi connectivity index (χ3n) is 3.78. The first-order chi connectivity index (χ1) is 9.93. The molecule has 0 saturated carbocycles. The number of esters is 1. The minimum absolute atomic E-state index is 0.0200. The molecule has 1 saturated heterocycles. The highest BCUT2D eigenvalue weighted by Gasteiger charge is 2.39. The van der Waals surface area contributed by atoms with Crippen LogP contribution in [0.5, 0.6) is 0 Å². The average molecular weight is 332 g/mol. The normalized spacial score (nSPS) is 24.0. The molecule has 2 N–H and O–H groups in total. The molecule has 118 valence electrons. The van der Waals surface area contributed by atoms with Gasteiger partial charge in [-0.05, 0) is 31.2 Å². The summed E-state index contributed by atoms with van der Waals surface area (Å²) in [6, 6.07) is 1.12. The molecule has 0 bridgehead atoms. The molecule has 0 amide bonds. The lowest BCUT2D eigenvalue weighted by molar-refractivity contribution is 0.0602. The quantitative estimate of drug-likeness (QED) is 0.842. The summed E-state index contributed by atoms with van der Waals surface area (Å²) in [5, 5.41) is 1.59. The molecule has 0 radical (unpaired) electrons. The zero-order chi connectivity index (χ0) is 15.6. The van der Waals surface area contributed by atoms with Gasteiger partial charge < -0.3 is 10.5 Å². The third kappa shape index (κ3) is 2.98. The zero-order valence-corrected chi connectivity index (χ0v) is 13.7. The Kier molecular flexibility index (Phi) is 5.03. The Labute approximate surface area is 128 Å². The fourth-order valence-corrected chi connectivity index (χ4v) is 5.97. The number of sulfonamides is 1. The van der Waals surface area contributed by atoms with E-state index < -0.39 is 16.0 Å². The predicted octanol–water partition coefficient (Wildman–Crippen LogP) is 1.43. The van der Waals surface area contributed by atoms with Crippen molar-refractivity contribution in [2.75, 3.05) is 13.7 Å². The average Bonchev–Trinajstić information content (AvgIpc) is 2.96. The number of carbonyl (C=O) groups excluding carboxylic acids is 1. The topological polar surface area (TPSA) is 89.7 Å². The van der Waals surface area contributed by atoms with Crippen molar-refractivity contribution in [2.24, 2.45) is 5.73 Å². The van der Waals surface area contributed by atoms with Gasteiger partial charge >= 0.3 is 5.97 Å². The van der Waals surface area contributed by atoms with Crippen LogP contribution in [0, 0.1) is 0 Å². The number of piperidine rings is 1. The number of carbonyl (C=O) groups is 1. The molecule has 6 nitrogen and oxygen atoms in total. The number of ether oxygens (including phenoxy) is 1. The Hall–Kier alpha value is -0.960. The minimum Gasteiger partial charge on any atom is -0.465 e. The molecule has 1 aromatic heterocycles. The van der Waals surface area contributed by atoms with Gasteiger partial charge in [0.05, 0.1) is 7.11 Å². The molecule has 2 rings (SSSR count). The second kappa shape index (κ2) is 6.43. The number of hydrogen-bond acceptors (Lipinski definition) is 6. The fourth-order valence-electron chi connectivity index (χ4n) is 2.77. The molecular formula is C13H20N2O4S2. The summed E-state index contributed by atoms with van der Waals surface area (Å²) in [6.45, 7) is 2.16. The lowest BCUT2D eigenvalue weighted by Crippen LogP contribution is -2.51. The van der Waals surface area contributed by atoms with Crippen LogP contribution >= 0.6 is 11.3 Å². The van der Waals surface area contributed by atoms with E-state index in [2.05, 4.69) is 4.74 Å². The van der Waals surface area contributed by atoms with Gasteiger partial charge in [0, 0.05) is 18.6 Å². The molecule has 0 aliphatic carbocycles.